The lowest BCUT2D eigenvalue weighted by Crippen LogP contribution is -2.35. The molecule has 0 bridgehead atoms. The van der Waals surface area contributed by atoms with Gasteiger partial charge in [-0.25, -0.2) is 5.43 Å². The van der Waals surface area contributed by atoms with Crippen LogP contribution in [0.5, 0.6) is 5.75 Å². The number of nitrogens with one attached hydrogen (secondary N) is 1. The molecule has 1 aliphatic rings. The first-order valence-corrected chi connectivity index (χ1v) is 5.78. The third-order valence-electron chi connectivity index (χ3n) is 2.97. The predicted molar refractivity (Wildman–Crippen MR) is 65.3 cm³/mol. The molecule has 1 aromatic rings. The monoisotopic (exact) mass is 220 g/mol. The van der Waals surface area contributed by atoms with E-state index in [1.807, 2.05) is 31.2 Å². The Morgan fingerprint density at radius 2 is 1.88 bits per heavy atom. The molecule has 0 heterocycles. The van der Waals surface area contributed by atoms with E-state index in [9.17, 15) is 0 Å². The highest BCUT2D eigenvalue weighted by Gasteiger charge is 2.32. The zero-order valence-electron chi connectivity index (χ0n) is 10.2. The van der Waals surface area contributed by atoms with E-state index in [1.165, 1.54) is 18.4 Å². The van der Waals surface area contributed by atoms with Crippen molar-refractivity contribution in [1.29, 1.82) is 0 Å². The molecule has 3 nitrogen and oxygen atoms in total. The molecule has 16 heavy (non-hydrogen) atoms. The summed E-state index contributed by atoms with van der Waals surface area (Å²) in [6.45, 7) is 0. The van der Waals surface area contributed by atoms with Crippen molar-refractivity contribution in [2.75, 3.05) is 21.2 Å². The predicted octanol–water partition coefficient (Wildman–Crippen LogP) is 2.21. The van der Waals surface area contributed by atoms with Crippen LogP contribution in [-0.4, -0.2) is 26.2 Å². The fourth-order valence-corrected chi connectivity index (χ4v) is 1.97. The molecule has 0 spiro atoms. The van der Waals surface area contributed by atoms with Crippen molar-refractivity contribution in [3.8, 4) is 5.75 Å². The third kappa shape index (κ3) is 2.74. The van der Waals surface area contributed by atoms with Gasteiger partial charge in [0.15, 0.2) is 0 Å². The lowest BCUT2D eigenvalue weighted by molar-refractivity contribution is 0.228. The summed E-state index contributed by atoms with van der Waals surface area (Å²) >= 11 is 0. The van der Waals surface area contributed by atoms with Crippen molar-refractivity contribution in [2.45, 2.75) is 18.9 Å². The molecule has 1 saturated carbocycles. The molecular formula is C13H20N2O. The van der Waals surface area contributed by atoms with Gasteiger partial charge in [-0.3, -0.25) is 5.01 Å². The molecule has 1 N–H and O–H groups in total. The molecule has 0 radical (unpaired) electrons. The van der Waals surface area contributed by atoms with E-state index >= 15 is 0 Å². The molecule has 0 aromatic heterocycles. The Balaban J connectivity index is 2.11. The Hall–Kier alpha value is -1.06. The summed E-state index contributed by atoms with van der Waals surface area (Å²) in [5, 5.41) is 2.03. The van der Waals surface area contributed by atoms with Crippen LogP contribution in [0.4, 0.5) is 0 Å². The summed E-state index contributed by atoms with van der Waals surface area (Å²) in [7, 11) is 5.78. The number of benzene rings is 1. The van der Waals surface area contributed by atoms with Crippen molar-refractivity contribution in [3.63, 3.8) is 0 Å². The first-order chi connectivity index (χ1) is 7.70. The van der Waals surface area contributed by atoms with E-state index in [1.54, 1.807) is 7.11 Å². The van der Waals surface area contributed by atoms with Gasteiger partial charge in [0.05, 0.1) is 7.11 Å². The highest BCUT2D eigenvalue weighted by atomic mass is 16.5. The van der Waals surface area contributed by atoms with E-state index in [-0.39, 0.29) is 0 Å². The Morgan fingerprint density at radius 1 is 1.25 bits per heavy atom. The van der Waals surface area contributed by atoms with Crippen LogP contribution < -0.4 is 10.2 Å². The maximum atomic E-state index is 5.18. The third-order valence-corrected chi connectivity index (χ3v) is 2.97. The number of hydrogen-bond acceptors (Lipinski definition) is 3. The smallest absolute Gasteiger partial charge is 0.118 e. The molecule has 0 amide bonds. The van der Waals surface area contributed by atoms with Crippen molar-refractivity contribution in [3.05, 3.63) is 29.8 Å². The molecular weight excluding hydrogens is 200 g/mol. The maximum absolute atomic E-state index is 5.18. The van der Waals surface area contributed by atoms with Crippen molar-refractivity contribution < 1.29 is 4.74 Å². The van der Waals surface area contributed by atoms with Gasteiger partial charge < -0.3 is 4.74 Å². The van der Waals surface area contributed by atoms with Gasteiger partial charge in [-0.1, -0.05) is 12.1 Å². The molecule has 3 heteroatoms. The van der Waals surface area contributed by atoms with Crippen LogP contribution in [0, 0.1) is 5.92 Å². The van der Waals surface area contributed by atoms with Gasteiger partial charge in [-0.05, 0) is 36.5 Å². The molecule has 1 fully saturated rings. The van der Waals surface area contributed by atoms with Crippen LogP contribution in [0.15, 0.2) is 24.3 Å². The topological polar surface area (TPSA) is 24.5 Å². The normalized spacial score (nSPS) is 17.5. The number of methoxy groups -OCH3 is 1. The highest BCUT2D eigenvalue weighted by molar-refractivity contribution is 5.30. The zero-order valence-corrected chi connectivity index (χ0v) is 10.2. The molecule has 2 rings (SSSR count). The second-order valence-electron chi connectivity index (χ2n) is 4.61. The molecule has 88 valence electrons. The van der Waals surface area contributed by atoms with Crippen LogP contribution in [0.2, 0.25) is 0 Å². The number of hydrogen-bond donors (Lipinski definition) is 1. The van der Waals surface area contributed by atoms with Crippen LogP contribution in [0.25, 0.3) is 0 Å². The lowest BCUT2D eigenvalue weighted by Gasteiger charge is -2.23. The second-order valence-corrected chi connectivity index (χ2v) is 4.61. The first kappa shape index (κ1) is 11.4. The Bertz CT molecular complexity index is 330. The molecule has 1 unspecified atom stereocenters. The van der Waals surface area contributed by atoms with Crippen LogP contribution in [0.3, 0.4) is 0 Å². The standard InChI is InChI=1S/C13H20N2O/c1-15(2)14-13(10-4-5-10)11-6-8-12(16-3)9-7-11/h6-10,13-14H,4-5H2,1-3H3. The molecule has 1 atom stereocenters. The van der Waals surface area contributed by atoms with Crippen molar-refractivity contribution in [2.24, 2.45) is 5.92 Å². The minimum absolute atomic E-state index is 0.445. The van der Waals surface area contributed by atoms with Gasteiger partial charge in [-0.2, -0.15) is 0 Å². The Kier molecular flexibility index (Phi) is 3.46. The summed E-state index contributed by atoms with van der Waals surface area (Å²) < 4.78 is 5.18. The second kappa shape index (κ2) is 4.85. The minimum Gasteiger partial charge on any atom is -0.497 e. The van der Waals surface area contributed by atoms with Gasteiger partial charge in [0.2, 0.25) is 0 Å². The minimum atomic E-state index is 0.445. The van der Waals surface area contributed by atoms with E-state index in [0.29, 0.717) is 6.04 Å². The van der Waals surface area contributed by atoms with Crippen LogP contribution >= 0.6 is 0 Å². The average molecular weight is 220 g/mol. The number of nitrogens with zero attached hydrogens (tertiary/aromatic N) is 1. The van der Waals surface area contributed by atoms with Gasteiger partial charge in [-0.15, -0.1) is 0 Å². The van der Waals surface area contributed by atoms with Gasteiger partial charge >= 0.3 is 0 Å². The maximum Gasteiger partial charge on any atom is 0.118 e. The van der Waals surface area contributed by atoms with Gasteiger partial charge in [0.25, 0.3) is 0 Å². The molecule has 1 aliphatic carbocycles. The summed E-state index contributed by atoms with van der Waals surface area (Å²) in [5.41, 5.74) is 4.83. The fraction of sp³-hybridized carbons (Fsp3) is 0.538. The van der Waals surface area contributed by atoms with E-state index in [2.05, 4.69) is 17.6 Å². The largest absolute Gasteiger partial charge is 0.497 e. The Morgan fingerprint density at radius 3 is 2.31 bits per heavy atom. The lowest BCUT2D eigenvalue weighted by atomic mass is 10.0. The summed E-state index contributed by atoms with van der Waals surface area (Å²) in [5.74, 6) is 1.71. The van der Waals surface area contributed by atoms with E-state index in [0.717, 1.165) is 11.7 Å². The number of ether oxygens (including phenoxy) is 1. The van der Waals surface area contributed by atoms with Crippen molar-refractivity contribution in [1.82, 2.24) is 10.4 Å². The van der Waals surface area contributed by atoms with Gasteiger partial charge in [0, 0.05) is 20.1 Å². The Labute approximate surface area is 97.4 Å². The van der Waals surface area contributed by atoms with Gasteiger partial charge in [0.1, 0.15) is 5.75 Å². The summed E-state index contributed by atoms with van der Waals surface area (Å²) in [6.07, 6.45) is 2.66. The molecule has 1 aromatic carbocycles. The van der Waals surface area contributed by atoms with E-state index in [4.69, 9.17) is 4.74 Å². The highest BCUT2D eigenvalue weighted by Crippen LogP contribution is 2.41. The number of hydrazine groups is 1. The van der Waals surface area contributed by atoms with Crippen molar-refractivity contribution >= 4 is 0 Å². The zero-order chi connectivity index (χ0) is 11.5. The molecule has 0 saturated heterocycles. The fourth-order valence-electron chi connectivity index (χ4n) is 1.97. The first-order valence-electron chi connectivity index (χ1n) is 5.78. The van der Waals surface area contributed by atoms with E-state index < -0.39 is 0 Å². The number of rotatable bonds is 5. The summed E-state index contributed by atoms with van der Waals surface area (Å²) in [6, 6.07) is 8.81. The van der Waals surface area contributed by atoms with Crippen LogP contribution in [-0.2, 0) is 0 Å². The molecule has 0 aliphatic heterocycles. The quantitative estimate of drug-likeness (QED) is 0.770. The SMILES string of the molecule is COc1ccc(C(NN(C)C)C2CC2)cc1. The van der Waals surface area contributed by atoms with Crippen LogP contribution in [0.1, 0.15) is 24.4 Å². The summed E-state index contributed by atoms with van der Waals surface area (Å²) in [4.78, 5) is 0. The average Bonchev–Trinajstić information content (AvgIpc) is 3.10.